The molecule has 4 aromatic rings. The van der Waals surface area contributed by atoms with Gasteiger partial charge in [0, 0.05) is 36.5 Å². The van der Waals surface area contributed by atoms with Gasteiger partial charge in [-0.1, -0.05) is 24.0 Å². The number of phenols is 1. The van der Waals surface area contributed by atoms with Crippen LogP contribution in [0.2, 0.25) is 0 Å². The lowest BCUT2D eigenvalue weighted by atomic mass is 10.1. The summed E-state index contributed by atoms with van der Waals surface area (Å²) < 4.78 is 41.3. The van der Waals surface area contributed by atoms with E-state index in [0.29, 0.717) is 24.2 Å². The summed E-state index contributed by atoms with van der Waals surface area (Å²) in [4.78, 5) is 12.8. The highest BCUT2D eigenvalue weighted by Crippen LogP contribution is 2.22. The predicted molar refractivity (Wildman–Crippen MR) is 137 cm³/mol. The number of hydrogen-bond donors (Lipinski definition) is 2. The van der Waals surface area contributed by atoms with Gasteiger partial charge in [0.05, 0.1) is 16.3 Å². The number of carbonyl (C=O) groups excluding carboxylic acids is 1. The molecule has 0 radical (unpaired) electrons. The minimum absolute atomic E-state index is 0.0240. The van der Waals surface area contributed by atoms with E-state index in [-0.39, 0.29) is 27.5 Å². The molecule has 0 atom stereocenters. The van der Waals surface area contributed by atoms with Crippen LogP contribution in [0.3, 0.4) is 0 Å². The summed E-state index contributed by atoms with van der Waals surface area (Å²) in [6, 6.07) is 18.1. The van der Waals surface area contributed by atoms with Crippen LogP contribution in [0.5, 0.6) is 5.75 Å². The van der Waals surface area contributed by atoms with Crippen LogP contribution in [-0.2, 0) is 29.1 Å². The van der Waals surface area contributed by atoms with E-state index in [9.17, 15) is 22.7 Å². The number of aryl methyl sites for hydroxylation is 1. The molecule has 2 N–H and O–H groups in total. The number of rotatable bonds is 7. The van der Waals surface area contributed by atoms with E-state index in [1.54, 1.807) is 37.5 Å². The number of carbonyl (C=O) groups is 1. The van der Waals surface area contributed by atoms with E-state index >= 15 is 0 Å². The number of halogens is 1. The monoisotopic (exact) mass is 517 g/mol. The van der Waals surface area contributed by atoms with Crippen molar-refractivity contribution in [1.29, 1.82) is 0 Å². The SMILES string of the molecule is Cn1ccc(CS(=O)(=O)c2ccc(C(=O)NCCc3cccc(O)c3)cc2C#Cc2ccc(F)cc2)n1. The van der Waals surface area contributed by atoms with Crippen molar-refractivity contribution in [2.45, 2.75) is 17.1 Å². The van der Waals surface area contributed by atoms with E-state index in [2.05, 4.69) is 22.3 Å². The zero-order chi connectivity index (χ0) is 26.4. The Morgan fingerprint density at radius 2 is 1.84 bits per heavy atom. The van der Waals surface area contributed by atoms with Gasteiger partial charge in [-0.15, -0.1) is 0 Å². The van der Waals surface area contributed by atoms with Crippen LogP contribution in [-0.4, -0.2) is 35.8 Å². The normalized spacial score (nSPS) is 11.0. The lowest BCUT2D eigenvalue weighted by Gasteiger charge is -2.10. The number of sulfone groups is 1. The second kappa shape index (κ2) is 11.1. The first-order valence-corrected chi connectivity index (χ1v) is 13.0. The highest BCUT2D eigenvalue weighted by molar-refractivity contribution is 7.90. The molecule has 9 heteroatoms. The number of amides is 1. The zero-order valence-electron chi connectivity index (χ0n) is 20.0. The Labute approximate surface area is 214 Å². The quantitative estimate of drug-likeness (QED) is 0.365. The van der Waals surface area contributed by atoms with E-state index in [1.807, 2.05) is 6.07 Å². The maximum atomic E-state index is 13.3. The van der Waals surface area contributed by atoms with Crippen molar-refractivity contribution in [3.8, 4) is 17.6 Å². The van der Waals surface area contributed by atoms with Gasteiger partial charge in [0.1, 0.15) is 11.6 Å². The van der Waals surface area contributed by atoms with Crippen LogP contribution in [0.1, 0.15) is 32.7 Å². The van der Waals surface area contributed by atoms with Gasteiger partial charge in [0.15, 0.2) is 9.84 Å². The molecule has 1 amide bonds. The van der Waals surface area contributed by atoms with Gasteiger partial charge in [0.2, 0.25) is 0 Å². The van der Waals surface area contributed by atoms with Crippen molar-refractivity contribution in [2.75, 3.05) is 6.54 Å². The second-order valence-electron chi connectivity index (χ2n) is 8.38. The van der Waals surface area contributed by atoms with E-state index in [1.165, 1.54) is 47.1 Å². The van der Waals surface area contributed by atoms with Crippen LogP contribution >= 0.6 is 0 Å². The summed E-state index contributed by atoms with van der Waals surface area (Å²) >= 11 is 0. The topological polar surface area (TPSA) is 101 Å². The Balaban J connectivity index is 1.60. The minimum atomic E-state index is -3.83. The summed E-state index contributed by atoms with van der Waals surface area (Å²) in [5.74, 6) is 4.72. The molecular formula is C28H24FN3O4S. The molecular weight excluding hydrogens is 493 g/mol. The second-order valence-corrected chi connectivity index (χ2v) is 10.3. The number of nitrogens with one attached hydrogen (secondary N) is 1. The van der Waals surface area contributed by atoms with Crippen LogP contribution in [0, 0.1) is 17.7 Å². The molecule has 0 saturated heterocycles. The third-order valence-electron chi connectivity index (χ3n) is 5.48. The van der Waals surface area contributed by atoms with Crippen molar-refractivity contribution in [3.05, 3.63) is 113 Å². The molecule has 0 bridgehead atoms. The van der Waals surface area contributed by atoms with Gasteiger partial charge in [-0.05, 0) is 72.6 Å². The highest BCUT2D eigenvalue weighted by Gasteiger charge is 2.21. The van der Waals surface area contributed by atoms with Crippen molar-refractivity contribution in [3.63, 3.8) is 0 Å². The number of aromatic hydroxyl groups is 1. The fourth-order valence-corrected chi connectivity index (χ4v) is 5.08. The van der Waals surface area contributed by atoms with E-state index in [0.717, 1.165) is 5.56 Å². The van der Waals surface area contributed by atoms with Gasteiger partial charge >= 0.3 is 0 Å². The molecule has 0 saturated carbocycles. The maximum absolute atomic E-state index is 13.3. The van der Waals surface area contributed by atoms with Gasteiger partial charge in [-0.3, -0.25) is 9.48 Å². The molecule has 0 spiro atoms. The summed E-state index contributed by atoms with van der Waals surface area (Å²) in [6.07, 6.45) is 2.16. The summed E-state index contributed by atoms with van der Waals surface area (Å²) in [7, 11) is -2.14. The third-order valence-corrected chi connectivity index (χ3v) is 7.18. The predicted octanol–water partition coefficient (Wildman–Crippen LogP) is 3.61. The molecule has 0 aliphatic carbocycles. The fraction of sp³-hybridized carbons (Fsp3) is 0.143. The first-order valence-electron chi connectivity index (χ1n) is 11.4. The van der Waals surface area contributed by atoms with Crippen molar-refractivity contribution in [1.82, 2.24) is 15.1 Å². The largest absolute Gasteiger partial charge is 0.508 e. The maximum Gasteiger partial charge on any atom is 0.251 e. The average molecular weight is 518 g/mol. The molecule has 0 unspecified atom stereocenters. The third kappa shape index (κ3) is 6.84. The van der Waals surface area contributed by atoms with Gasteiger partial charge in [-0.25, -0.2) is 12.8 Å². The van der Waals surface area contributed by atoms with Crippen LogP contribution < -0.4 is 5.32 Å². The molecule has 0 aliphatic heterocycles. The molecule has 7 nitrogen and oxygen atoms in total. The Hall–Kier alpha value is -4.42. The van der Waals surface area contributed by atoms with Crippen LogP contribution in [0.4, 0.5) is 4.39 Å². The minimum Gasteiger partial charge on any atom is -0.508 e. The van der Waals surface area contributed by atoms with Crippen molar-refractivity contribution < 1.29 is 22.7 Å². The Bertz CT molecular complexity index is 1600. The lowest BCUT2D eigenvalue weighted by molar-refractivity contribution is 0.0954. The Kier molecular flexibility index (Phi) is 7.70. The summed E-state index contributed by atoms with van der Waals surface area (Å²) in [5, 5.41) is 16.5. The number of aromatic nitrogens is 2. The van der Waals surface area contributed by atoms with Crippen molar-refractivity contribution in [2.24, 2.45) is 7.05 Å². The summed E-state index contributed by atoms with van der Waals surface area (Å²) in [5.41, 5.74) is 2.14. The first-order chi connectivity index (χ1) is 17.7. The highest BCUT2D eigenvalue weighted by atomic mass is 32.2. The van der Waals surface area contributed by atoms with E-state index < -0.39 is 21.6 Å². The average Bonchev–Trinajstić information content (AvgIpc) is 3.27. The molecule has 0 fully saturated rings. The fourth-order valence-electron chi connectivity index (χ4n) is 3.66. The zero-order valence-corrected chi connectivity index (χ0v) is 20.8. The summed E-state index contributed by atoms with van der Waals surface area (Å²) in [6.45, 7) is 0.318. The molecule has 188 valence electrons. The smallest absolute Gasteiger partial charge is 0.251 e. The lowest BCUT2D eigenvalue weighted by Crippen LogP contribution is -2.26. The molecule has 0 aliphatic rings. The Morgan fingerprint density at radius 3 is 2.54 bits per heavy atom. The van der Waals surface area contributed by atoms with Crippen LogP contribution in [0.25, 0.3) is 0 Å². The Morgan fingerprint density at radius 1 is 1.05 bits per heavy atom. The van der Waals surface area contributed by atoms with Gasteiger partial charge in [-0.2, -0.15) is 5.10 Å². The van der Waals surface area contributed by atoms with Gasteiger partial charge < -0.3 is 10.4 Å². The van der Waals surface area contributed by atoms with E-state index in [4.69, 9.17) is 0 Å². The van der Waals surface area contributed by atoms with Crippen LogP contribution in [0.15, 0.2) is 83.9 Å². The number of nitrogens with zero attached hydrogens (tertiary/aromatic N) is 2. The number of phenolic OH excluding ortho intramolecular Hbond substituents is 1. The molecule has 1 aromatic heterocycles. The molecule has 3 aromatic carbocycles. The first kappa shape index (κ1) is 25.7. The van der Waals surface area contributed by atoms with Gasteiger partial charge in [0.25, 0.3) is 5.91 Å². The molecule has 1 heterocycles. The molecule has 37 heavy (non-hydrogen) atoms. The number of hydrogen-bond acceptors (Lipinski definition) is 5. The molecule has 4 rings (SSSR count). The number of benzene rings is 3. The standard InChI is InChI=1S/C28H24FN3O4S/c1-32-16-14-25(31-32)19-37(35,36)27-12-9-23(18-22(27)8-5-20-6-10-24(29)11-7-20)28(34)30-15-13-21-3-2-4-26(33)17-21/h2-4,6-7,9-12,14,16-18,33H,13,15,19H2,1H3,(H,30,34). The van der Waals surface area contributed by atoms with Crippen molar-refractivity contribution >= 4 is 15.7 Å².